The molecule has 1 aliphatic heterocycles. The number of H-pyrrole nitrogens is 1. The highest BCUT2D eigenvalue weighted by molar-refractivity contribution is 5.97. The van der Waals surface area contributed by atoms with E-state index in [2.05, 4.69) is 39.7 Å². The van der Waals surface area contributed by atoms with Crippen molar-refractivity contribution in [1.29, 1.82) is 0 Å². The number of unbranched alkanes of at least 4 members (excludes halogenated alkanes) is 5. The molecule has 0 unspecified atom stereocenters. The molecule has 10 nitrogen and oxygen atoms in total. The average molecular weight is 574 g/mol. The van der Waals surface area contributed by atoms with E-state index in [1.807, 2.05) is 29.3 Å². The van der Waals surface area contributed by atoms with Gasteiger partial charge in [0.25, 0.3) is 0 Å². The Morgan fingerprint density at radius 3 is 2.79 bits per heavy atom. The average Bonchev–Trinajstić information content (AvgIpc) is 3.39. The number of aromatic amines is 1. The van der Waals surface area contributed by atoms with E-state index < -0.39 is 12.0 Å². The lowest BCUT2D eigenvalue weighted by Crippen LogP contribution is -2.41. The summed E-state index contributed by atoms with van der Waals surface area (Å²) in [5.74, 6) is 1.39. The molecule has 0 bridgehead atoms. The van der Waals surface area contributed by atoms with Crippen molar-refractivity contribution in [3.8, 4) is 0 Å². The molecule has 2 atom stereocenters. The van der Waals surface area contributed by atoms with Crippen LogP contribution in [0.2, 0.25) is 0 Å². The van der Waals surface area contributed by atoms with Crippen LogP contribution in [0.1, 0.15) is 83.7 Å². The van der Waals surface area contributed by atoms with E-state index in [1.165, 1.54) is 50.4 Å². The predicted octanol–water partition coefficient (Wildman–Crippen LogP) is 6.37. The van der Waals surface area contributed by atoms with Gasteiger partial charge in [-0.05, 0) is 55.9 Å². The number of pyridine rings is 1. The minimum atomic E-state index is -0.585. The maximum atomic E-state index is 13.6. The van der Waals surface area contributed by atoms with Gasteiger partial charge in [0.1, 0.15) is 11.6 Å². The topological polar surface area (TPSA) is 116 Å². The number of anilines is 4. The first kappa shape index (κ1) is 28.1. The molecule has 1 saturated heterocycles. The van der Waals surface area contributed by atoms with Crippen LogP contribution in [0.5, 0.6) is 0 Å². The van der Waals surface area contributed by atoms with Crippen LogP contribution < -0.4 is 15.5 Å². The Balaban J connectivity index is 1.23. The molecule has 1 aliphatic carbocycles. The number of fused-ring (bicyclic) bond motifs is 1. The third kappa shape index (κ3) is 6.24. The van der Waals surface area contributed by atoms with E-state index in [-0.39, 0.29) is 11.3 Å². The molecule has 222 valence electrons. The third-order valence-electron chi connectivity index (χ3n) is 8.76. The summed E-state index contributed by atoms with van der Waals surface area (Å²) >= 11 is 0. The fourth-order valence-corrected chi connectivity index (χ4v) is 5.90. The molecule has 2 aliphatic rings. The van der Waals surface area contributed by atoms with Crippen molar-refractivity contribution in [3.63, 3.8) is 0 Å². The third-order valence-corrected chi connectivity index (χ3v) is 8.76. The number of aromatic nitrogens is 6. The first-order valence-electron chi connectivity index (χ1n) is 15.3. The lowest BCUT2D eigenvalue weighted by molar-refractivity contribution is -0.117. The summed E-state index contributed by atoms with van der Waals surface area (Å²) in [6.45, 7) is 5.15. The maximum absolute atomic E-state index is 13.6. The molecule has 5 heterocycles. The number of carbonyl (C=O) groups is 1. The zero-order valence-corrected chi connectivity index (χ0v) is 24.4. The van der Waals surface area contributed by atoms with Gasteiger partial charge in [-0.15, -0.1) is 5.10 Å². The Hall–Kier alpha value is -4.02. The summed E-state index contributed by atoms with van der Waals surface area (Å²) in [5, 5.41) is 18.8. The van der Waals surface area contributed by atoms with Crippen LogP contribution in [0.25, 0.3) is 5.52 Å². The highest BCUT2D eigenvalue weighted by Gasteiger charge is 2.41. The van der Waals surface area contributed by atoms with Crippen LogP contribution in [-0.4, -0.2) is 48.3 Å². The zero-order valence-electron chi connectivity index (χ0n) is 24.4. The van der Waals surface area contributed by atoms with Crippen molar-refractivity contribution in [3.05, 3.63) is 54.4 Å². The lowest BCUT2D eigenvalue weighted by atomic mass is 9.97. The first-order valence-corrected chi connectivity index (χ1v) is 15.3. The highest BCUT2D eigenvalue weighted by atomic mass is 19.1. The first-order chi connectivity index (χ1) is 20.4. The van der Waals surface area contributed by atoms with E-state index in [1.54, 1.807) is 4.52 Å². The molecule has 1 amide bonds. The van der Waals surface area contributed by atoms with E-state index in [0.29, 0.717) is 42.2 Å². The van der Waals surface area contributed by atoms with Crippen molar-refractivity contribution in [1.82, 2.24) is 29.8 Å². The van der Waals surface area contributed by atoms with Crippen LogP contribution in [0.15, 0.2) is 42.7 Å². The van der Waals surface area contributed by atoms with Gasteiger partial charge in [-0.1, -0.05) is 52.4 Å². The number of nitrogens with one attached hydrogen (secondary N) is 3. The monoisotopic (exact) mass is 573 g/mol. The quantitative estimate of drug-likeness (QED) is 0.126. The molecule has 11 heteroatoms. The molecule has 4 aromatic rings. The number of amides is 1. The Bertz CT molecular complexity index is 1510. The van der Waals surface area contributed by atoms with Gasteiger partial charge in [-0.2, -0.15) is 14.5 Å². The molecular weight excluding hydrogens is 533 g/mol. The zero-order chi connectivity index (χ0) is 29.1. The second kappa shape index (κ2) is 12.1. The van der Waals surface area contributed by atoms with Gasteiger partial charge in [-0.25, -0.2) is 9.50 Å². The second-order valence-corrected chi connectivity index (χ2v) is 12.1. The molecule has 2 fully saturated rings. The maximum Gasteiger partial charge on any atom is 0.247 e. The van der Waals surface area contributed by atoms with Gasteiger partial charge in [0.15, 0.2) is 11.6 Å². The molecule has 0 radical (unpaired) electrons. The van der Waals surface area contributed by atoms with E-state index >= 15 is 0 Å². The molecule has 4 aromatic heterocycles. The summed E-state index contributed by atoms with van der Waals surface area (Å²) in [6.07, 6.45) is 14.7. The summed E-state index contributed by atoms with van der Waals surface area (Å²) < 4.78 is 15.2. The fourth-order valence-electron chi connectivity index (χ4n) is 5.90. The number of halogens is 1. The molecule has 0 aromatic carbocycles. The highest BCUT2D eigenvalue weighted by Crippen LogP contribution is 2.47. The van der Waals surface area contributed by atoms with Gasteiger partial charge in [-0.3, -0.25) is 9.89 Å². The molecule has 6 rings (SSSR count). The van der Waals surface area contributed by atoms with Gasteiger partial charge in [0.2, 0.25) is 17.8 Å². The van der Waals surface area contributed by atoms with Gasteiger partial charge >= 0.3 is 0 Å². The Labute approximate surface area is 245 Å². The summed E-state index contributed by atoms with van der Waals surface area (Å²) in [4.78, 5) is 24.2. The summed E-state index contributed by atoms with van der Waals surface area (Å²) in [5.41, 5.74) is 2.58. The van der Waals surface area contributed by atoms with Crippen molar-refractivity contribution >= 4 is 34.7 Å². The number of nitrogens with zero attached hydrogens (tertiary/aromatic N) is 6. The number of rotatable bonds is 13. The molecule has 42 heavy (non-hydrogen) atoms. The van der Waals surface area contributed by atoms with E-state index in [0.717, 1.165) is 36.9 Å². The molecule has 3 N–H and O–H groups in total. The Kier molecular flexibility index (Phi) is 8.08. The lowest BCUT2D eigenvalue weighted by Gasteiger charge is -2.24. The number of carbonyl (C=O) groups excluding carboxylic acids is 1. The van der Waals surface area contributed by atoms with Crippen LogP contribution >= 0.6 is 0 Å². The van der Waals surface area contributed by atoms with Gasteiger partial charge in [0, 0.05) is 29.9 Å². The summed E-state index contributed by atoms with van der Waals surface area (Å²) in [7, 11) is 0. The van der Waals surface area contributed by atoms with Gasteiger partial charge < -0.3 is 15.5 Å². The van der Waals surface area contributed by atoms with Crippen molar-refractivity contribution in [2.24, 2.45) is 5.92 Å². The van der Waals surface area contributed by atoms with Crippen LogP contribution in [0.4, 0.5) is 27.7 Å². The van der Waals surface area contributed by atoms with Crippen LogP contribution in [-0.2, 0) is 10.2 Å². The smallest absolute Gasteiger partial charge is 0.247 e. The minimum absolute atomic E-state index is 0.172. The molecular formula is C31H40FN9O. The second-order valence-electron chi connectivity index (χ2n) is 12.1. The summed E-state index contributed by atoms with van der Waals surface area (Å²) in [6, 6.07) is 8.24. The van der Waals surface area contributed by atoms with Crippen molar-refractivity contribution in [2.75, 3.05) is 22.1 Å². The number of hydrogen-bond acceptors (Lipinski definition) is 7. The fraction of sp³-hybridized carbons (Fsp3) is 0.516. The Morgan fingerprint density at radius 2 is 2.00 bits per heavy atom. The van der Waals surface area contributed by atoms with Crippen LogP contribution in [0.3, 0.4) is 0 Å². The Morgan fingerprint density at radius 1 is 1.17 bits per heavy atom. The SMILES string of the molecule is CCCCCCCC[C@H]1C[C@@H](C(=O)Nc2ccc(F)nc2)N(c2nc(Nc3cc(C4(C)CC4)[nH]n3)c3cccn3n2)C1. The van der Waals surface area contributed by atoms with Crippen LogP contribution in [0, 0.1) is 11.9 Å². The van der Waals surface area contributed by atoms with E-state index in [9.17, 15) is 9.18 Å². The largest absolute Gasteiger partial charge is 0.327 e. The normalized spacial score (nSPS) is 19.4. The van der Waals surface area contributed by atoms with Crippen molar-refractivity contribution < 1.29 is 9.18 Å². The minimum Gasteiger partial charge on any atom is -0.327 e. The molecule has 0 spiro atoms. The van der Waals surface area contributed by atoms with Gasteiger partial charge in [0.05, 0.1) is 11.9 Å². The standard InChI is InChI=1S/C31H40FN9O/c1-3-4-5-6-7-8-10-21-17-24(29(42)34-22-12-13-26(32)33-19-22)40(20-21)30-36-28(23-11-9-16-41(23)39-30)35-27-18-25(37-38-27)31(2)14-15-31/h9,11-13,16,18-19,21,24H,3-8,10,14-15,17,20H2,1-2H3,(H,34,42)(H2,35,36,37,38,39)/t21-,24-/m0/s1. The molecule has 1 saturated carbocycles. The van der Waals surface area contributed by atoms with Crippen molar-refractivity contribution in [2.45, 2.75) is 89.5 Å². The predicted molar refractivity (Wildman–Crippen MR) is 162 cm³/mol. The number of hydrogen-bond donors (Lipinski definition) is 3. The van der Waals surface area contributed by atoms with E-state index in [4.69, 9.17) is 10.1 Å².